The Morgan fingerprint density at radius 3 is 1.21 bits per heavy atom. The van der Waals surface area contributed by atoms with Gasteiger partial charge in [0.05, 0.1) is 21.9 Å². The van der Waals surface area contributed by atoms with Gasteiger partial charge in [-0.15, -0.1) is 0 Å². The van der Waals surface area contributed by atoms with E-state index in [0.29, 0.717) is 78.3 Å². The largest absolute Gasteiger partial charge is 0.463 e. The second-order valence-corrected chi connectivity index (χ2v) is 11.5. The average molecular weight is 705 g/mol. The van der Waals surface area contributed by atoms with Crippen LogP contribution in [0.25, 0.3) is 44.2 Å². The second-order valence-electron chi connectivity index (χ2n) is 11.5. The van der Waals surface area contributed by atoms with Gasteiger partial charge >= 0.3 is 23.9 Å². The summed E-state index contributed by atoms with van der Waals surface area (Å²) in [6, 6.07) is 19.5. The maximum absolute atomic E-state index is 12.9. The van der Waals surface area contributed by atoms with E-state index in [0.717, 1.165) is 0 Å². The minimum Gasteiger partial charge on any atom is -0.463 e. The summed E-state index contributed by atoms with van der Waals surface area (Å²) in [5.41, 5.74) is 3.19. The quantitative estimate of drug-likeness (QED) is 0.126. The zero-order chi connectivity index (χ0) is 37.7. The fraction of sp³-hybridized carbons (Fsp3) is 0.150. The van der Waals surface area contributed by atoms with Crippen molar-refractivity contribution >= 4 is 45.8 Å². The van der Waals surface area contributed by atoms with E-state index in [4.69, 9.17) is 27.8 Å². The number of rotatable bonds is 6. The first-order chi connectivity index (χ1) is 24.7. The van der Waals surface area contributed by atoms with Crippen molar-refractivity contribution in [2.24, 2.45) is 0 Å². The Morgan fingerprint density at radius 1 is 0.500 bits per heavy atom. The van der Waals surface area contributed by atoms with Gasteiger partial charge in [-0.05, 0) is 73.5 Å². The number of esters is 4. The lowest BCUT2D eigenvalue weighted by atomic mass is 10.0. The van der Waals surface area contributed by atoms with Gasteiger partial charge < -0.3 is 27.8 Å². The predicted molar refractivity (Wildman–Crippen MR) is 191 cm³/mol. The number of hydrogen-bond acceptors (Lipinski definition) is 12. The number of ether oxygens (including phenoxy) is 4. The van der Waals surface area contributed by atoms with Gasteiger partial charge in [0.2, 0.25) is 10.9 Å². The molecule has 0 amide bonds. The van der Waals surface area contributed by atoms with Crippen LogP contribution < -0.4 is 29.8 Å². The normalized spacial score (nSPS) is 10.6. The van der Waals surface area contributed by atoms with Crippen LogP contribution in [0.4, 0.5) is 0 Å². The molecular formula is C40H32O12. The Bertz CT molecular complexity index is 2330. The molecule has 0 radical (unpaired) electrons. The summed E-state index contributed by atoms with van der Waals surface area (Å²) in [7, 11) is 0. The first-order valence-electron chi connectivity index (χ1n) is 15.8. The van der Waals surface area contributed by atoms with E-state index in [1.54, 1.807) is 86.6 Å². The molecule has 0 bridgehead atoms. The molecule has 0 saturated heterocycles. The molecule has 2 heterocycles. The third-order valence-electron chi connectivity index (χ3n) is 7.60. The van der Waals surface area contributed by atoms with Crippen LogP contribution in [0.3, 0.4) is 0 Å². The molecule has 0 aliphatic carbocycles. The van der Waals surface area contributed by atoms with Gasteiger partial charge in [-0.3, -0.25) is 28.8 Å². The van der Waals surface area contributed by atoms with Crippen molar-refractivity contribution < 1.29 is 47.0 Å². The Hall–Kier alpha value is -6.82. The Balaban J connectivity index is 0.000000201. The highest BCUT2D eigenvalue weighted by Gasteiger charge is 2.17. The van der Waals surface area contributed by atoms with Crippen LogP contribution in [0.1, 0.15) is 38.8 Å². The number of hydrogen-bond donors (Lipinski definition) is 0. The van der Waals surface area contributed by atoms with Crippen molar-refractivity contribution in [1.82, 2.24) is 0 Å². The smallest absolute Gasteiger partial charge is 0.308 e. The van der Waals surface area contributed by atoms with Crippen LogP contribution in [0.2, 0.25) is 0 Å². The first-order valence-corrected chi connectivity index (χ1v) is 15.8. The highest BCUT2D eigenvalue weighted by molar-refractivity contribution is 5.88. The van der Waals surface area contributed by atoms with E-state index >= 15 is 0 Å². The lowest BCUT2D eigenvalue weighted by molar-refractivity contribution is -0.132. The monoisotopic (exact) mass is 704 g/mol. The van der Waals surface area contributed by atoms with Crippen molar-refractivity contribution in [3.63, 3.8) is 0 Å². The molecule has 4 aromatic carbocycles. The van der Waals surface area contributed by atoms with E-state index in [2.05, 4.69) is 0 Å². The topological polar surface area (TPSA) is 166 Å². The highest BCUT2D eigenvalue weighted by Crippen LogP contribution is 2.31. The molecule has 0 atom stereocenters. The summed E-state index contributed by atoms with van der Waals surface area (Å²) in [5, 5.41) is 0.739. The molecule has 0 spiro atoms. The highest BCUT2D eigenvalue weighted by atomic mass is 16.5. The summed E-state index contributed by atoms with van der Waals surface area (Å²) >= 11 is 0. The van der Waals surface area contributed by atoms with Crippen molar-refractivity contribution in [2.75, 3.05) is 0 Å². The second kappa shape index (κ2) is 15.4. The van der Waals surface area contributed by atoms with Gasteiger partial charge in [-0.25, -0.2) is 0 Å². The molecule has 0 unspecified atom stereocenters. The predicted octanol–water partition coefficient (Wildman–Crippen LogP) is 7.24. The average Bonchev–Trinajstić information content (AvgIpc) is 3.07. The van der Waals surface area contributed by atoms with Crippen LogP contribution in [0.15, 0.2) is 104 Å². The Morgan fingerprint density at radius 2 is 0.865 bits per heavy atom. The van der Waals surface area contributed by atoms with Crippen LogP contribution in [0.5, 0.6) is 23.0 Å². The standard InChI is InChI=1S/2C20H16O6/c2*1-11-18(26-13(3)22)8-7-16-19(23)17(10-24-20(11)16)14-5-4-6-15(9-14)25-12(2)21/h2*4-10H,1-3H3. The molecule has 12 heteroatoms. The zero-order valence-corrected chi connectivity index (χ0v) is 29.0. The molecule has 0 aliphatic rings. The van der Waals surface area contributed by atoms with E-state index in [1.165, 1.54) is 40.2 Å². The number of aryl methyl sites for hydroxylation is 2. The molecule has 0 fully saturated rings. The minimum absolute atomic E-state index is 0.233. The van der Waals surface area contributed by atoms with Gasteiger partial charge in [-0.2, -0.15) is 0 Å². The van der Waals surface area contributed by atoms with Crippen LogP contribution in [-0.2, 0) is 19.2 Å². The minimum atomic E-state index is -0.450. The molecule has 0 aliphatic heterocycles. The maximum Gasteiger partial charge on any atom is 0.308 e. The summed E-state index contributed by atoms with van der Waals surface area (Å²) in [6.07, 6.45) is 2.70. The van der Waals surface area contributed by atoms with Crippen molar-refractivity contribution in [3.8, 4) is 45.3 Å². The lowest BCUT2D eigenvalue weighted by Crippen LogP contribution is -2.08. The molecule has 0 saturated carbocycles. The molecule has 6 aromatic rings. The fourth-order valence-electron chi connectivity index (χ4n) is 5.36. The summed E-state index contributed by atoms with van der Waals surface area (Å²) < 4.78 is 31.6. The van der Waals surface area contributed by atoms with Crippen LogP contribution >= 0.6 is 0 Å². The van der Waals surface area contributed by atoms with Crippen LogP contribution in [0, 0.1) is 13.8 Å². The number of carbonyl (C=O) groups is 4. The van der Waals surface area contributed by atoms with Gasteiger partial charge in [-0.1, -0.05) is 24.3 Å². The van der Waals surface area contributed by atoms with E-state index in [-0.39, 0.29) is 10.9 Å². The molecule has 2 aromatic heterocycles. The lowest BCUT2D eigenvalue weighted by Gasteiger charge is -2.09. The SMILES string of the molecule is CC(=O)Oc1cccc(-c2coc3c(C)c(OC(C)=O)ccc3c2=O)c1.CC(=O)Oc1cccc(-c2coc3c(C)c(OC(C)=O)ccc3c2=O)c1. The van der Waals surface area contributed by atoms with Gasteiger partial charge in [0.25, 0.3) is 0 Å². The maximum atomic E-state index is 12.9. The van der Waals surface area contributed by atoms with E-state index < -0.39 is 23.9 Å². The van der Waals surface area contributed by atoms with Gasteiger partial charge in [0, 0.05) is 38.8 Å². The Labute approximate surface area is 296 Å². The first kappa shape index (κ1) is 36.5. The van der Waals surface area contributed by atoms with Gasteiger partial charge in [0.15, 0.2) is 0 Å². The molecule has 6 rings (SSSR count). The van der Waals surface area contributed by atoms with Crippen molar-refractivity contribution in [1.29, 1.82) is 0 Å². The molecule has 0 N–H and O–H groups in total. The van der Waals surface area contributed by atoms with E-state index in [1.807, 2.05) is 0 Å². The third kappa shape index (κ3) is 8.13. The Kier molecular flexibility index (Phi) is 10.8. The van der Waals surface area contributed by atoms with Crippen LogP contribution in [-0.4, -0.2) is 23.9 Å². The number of benzene rings is 4. The summed E-state index contributed by atoms with van der Waals surface area (Å²) in [5.74, 6) is -0.410. The third-order valence-corrected chi connectivity index (χ3v) is 7.60. The number of carbonyl (C=O) groups excluding carboxylic acids is 4. The molecule has 52 heavy (non-hydrogen) atoms. The van der Waals surface area contributed by atoms with E-state index in [9.17, 15) is 28.8 Å². The van der Waals surface area contributed by atoms with Crippen molar-refractivity contribution in [2.45, 2.75) is 41.5 Å². The van der Waals surface area contributed by atoms with Crippen molar-refractivity contribution in [3.05, 3.63) is 117 Å². The molecule has 264 valence electrons. The molecular weight excluding hydrogens is 672 g/mol. The fourth-order valence-corrected chi connectivity index (χ4v) is 5.36. The zero-order valence-electron chi connectivity index (χ0n) is 29.0. The van der Waals surface area contributed by atoms with Gasteiger partial charge in [0.1, 0.15) is 46.7 Å². The summed E-state index contributed by atoms with van der Waals surface area (Å²) in [6.45, 7) is 8.65. The summed E-state index contributed by atoms with van der Waals surface area (Å²) in [4.78, 5) is 70.3. The number of fused-ring (bicyclic) bond motifs is 2. The molecule has 12 nitrogen and oxygen atoms in total.